The fourth-order valence-corrected chi connectivity index (χ4v) is 1.94. The molecule has 1 aliphatic rings. The van der Waals surface area contributed by atoms with Gasteiger partial charge in [0.25, 0.3) is 11.5 Å². The Labute approximate surface area is 98.3 Å². The molecule has 1 aromatic rings. The van der Waals surface area contributed by atoms with Crippen molar-refractivity contribution < 1.29 is 9.53 Å². The maximum atomic E-state index is 11.9. The zero-order valence-corrected chi connectivity index (χ0v) is 9.39. The van der Waals surface area contributed by atoms with E-state index in [1.54, 1.807) is 12.3 Å². The summed E-state index contributed by atoms with van der Waals surface area (Å²) >= 11 is 0. The molecule has 1 unspecified atom stereocenters. The van der Waals surface area contributed by atoms with Gasteiger partial charge in [0.1, 0.15) is 5.56 Å². The molecule has 6 heteroatoms. The number of nitrogen functional groups attached to an aromatic ring is 1. The zero-order valence-electron chi connectivity index (χ0n) is 9.39. The number of nitrogens with two attached hydrogens (primary N) is 1. The van der Waals surface area contributed by atoms with Gasteiger partial charge in [0.05, 0.1) is 12.6 Å². The van der Waals surface area contributed by atoms with Gasteiger partial charge in [-0.05, 0) is 25.0 Å². The van der Waals surface area contributed by atoms with Crippen LogP contribution < -0.4 is 16.8 Å². The van der Waals surface area contributed by atoms with Gasteiger partial charge in [-0.3, -0.25) is 15.0 Å². The molecule has 3 N–H and O–H groups in total. The summed E-state index contributed by atoms with van der Waals surface area (Å²) in [5.41, 5.74) is 1.67. The fraction of sp³-hybridized carbons (Fsp3) is 0.455. The molecule has 1 aromatic heterocycles. The van der Waals surface area contributed by atoms with E-state index in [9.17, 15) is 9.59 Å². The number of nitrogens with one attached hydrogen (secondary N) is 1. The van der Waals surface area contributed by atoms with Crippen LogP contribution in [0.1, 0.15) is 23.2 Å². The number of hydrazine groups is 1. The Kier molecular flexibility index (Phi) is 3.55. The van der Waals surface area contributed by atoms with Crippen LogP contribution in [-0.2, 0) is 11.3 Å². The van der Waals surface area contributed by atoms with Crippen molar-refractivity contribution in [1.29, 1.82) is 0 Å². The fourth-order valence-electron chi connectivity index (χ4n) is 1.94. The van der Waals surface area contributed by atoms with Gasteiger partial charge in [-0.1, -0.05) is 0 Å². The molecule has 17 heavy (non-hydrogen) atoms. The first-order valence-corrected chi connectivity index (χ1v) is 5.54. The van der Waals surface area contributed by atoms with Crippen molar-refractivity contribution in [1.82, 2.24) is 9.99 Å². The Morgan fingerprint density at radius 2 is 2.47 bits per heavy atom. The van der Waals surface area contributed by atoms with Crippen molar-refractivity contribution in [3.63, 3.8) is 0 Å². The molecule has 1 amide bonds. The minimum atomic E-state index is -0.573. The van der Waals surface area contributed by atoms with Crippen molar-refractivity contribution in [3.8, 4) is 0 Å². The highest BCUT2D eigenvalue weighted by Crippen LogP contribution is 2.13. The van der Waals surface area contributed by atoms with Crippen molar-refractivity contribution >= 4 is 5.91 Å². The lowest BCUT2D eigenvalue weighted by atomic mass is 10.2. The Morgan fingerprint density at radius 1 is 1.65 bits per heavy atom. The minimum Gasteiger partial charge on any atom is -0.376 e. The van der Waals surface area contributed by atoms with Gasteiger partial charge in [-0.15, -0.1) is 0 Å². The number of ether oxygens (including phenoxy) is 1. The van der Waals surface area contributed by atoms with Gasteiger partial charge in [0, 0.05) is 12.8 Å². The SMILES string of the molecule is NNC(=O)c1cccn(CC2CCCO2)c1=O. The average molecular weight is 237 g/mol. The van der Waals surface area contributed by atoms with E-state index in [1.807, 2.05) is 5.43 Å². The van der Waals surface area contributed by atoms with Crippen molar-refractivity contribution in [3.05, 3.63) is 34.2 Å². The van der Waals surface area contributed by atoms with Crippen LogP contribution in [0.5, 0.6) is 0 Å². The van der Waals surface area contributed by atoms with Crippen LogP contribution in [0.2, 0.25) is 0 Å². The monoisotopic (exact) mass is 237 g/mol. The second kappa shape index (κ2) is 5.11. The number of carbonyl (C=O) groups is 1. The second-order valence-corrected chi connectivity index (χ2v) is 3.99. The summed E-state index contributed by atoms with van der Waals surface area (Å²) in [6.07, 6.45) is 3.67. The number of carbonyl (C=O) groups excluding carboxylic acids is 1. The molecule has 0 aromatic carbocycles. The van der Waals surface area contributed by atoms with Gasteiger partial charge in [0.2, 0.25) is 0 Å². The summed E-state index contributed by atoms with van der Waals surface area (Å²) in [4.78, 5) is 23.3. The number of pyridine rings is 1. The van der Waals surface area contributed by atoms with Gasteiger partial charge in [-0.2, -0.15) is 0 Å². The van der Waals surface area contributed by atoms with Crippen LogP contribution >= 0.6 is 0 Å². The van der Waals surface area contributed by atoms with E-state index < -0.39 is 5.91 Å². The topological polar surface area (TPSA) is 86.3 Å². The van der Waals surface area contributed by atoms with E-state index in [4.69, 9.17) is 10.6 Å². The van der Waals surface area contributed by atoms with Crippen LogP contribution in [0.25, 0.3) is 0 Å². The minimum absolute atomic E-state index is 0.0491. The summed E-state index contributed by atoms with van der Waals surface area (Å²) in [6.45, 7) is 1.22. The van der Waals surface area contributed by atoms with E-state index in [1.165, 1.54) is 10.6 Å². The van der Waals surface area contributed by atoms with Gasteiger partial charge in [-0.25, -0.2) is 5.84 Å². The van der Waals surface area contributed by atoms with Crippen LogP contribution in [0.4, 0.5) is 0 Å². The molecule has 0 aliphatic carbocycles. The Balaban J connectivity index is 2.22. The molecule has 0 spiro atoms. The normalized spacial score (nSPS) is 19.2. The number of hydrogen-bond donors (Lipinski definition) is 2. The third-order valence-corrected chi connectivity index (χ3v) is 2.82. The zero-order chi connectivity index (χ0) is 12.3. The Morgan fingerprint density at radius 3 is 3.12 bits per heavy atom. The molecule has 1 aliphatic heterocycles. The van der Waals surface area contributed by atoms with E-state index in [0.717, 1.165) is 19.4 Å². The average Bonchev–Trinajstić information content (AvgIpc) is 2.84. The van der Waals surface area contributed by atoms with E-state index in [0.29, 0.717) is 6.54 Å². The maximum Gasteiger partial charge on any atom is 0.270 e. The van der Waals surface area contributed by atoms with E-state index in [2.05, 4.69) is 0 Å². The molecular weight excluding hydrogens is 222 g/mol. The molecule has 1 saturated heterocycles. The molecule has 0 saturated carbocycles. The van der Waals surface area contributed by atoms with Gasteiger partial charge in [0.15, 0.2) is 0 Å². The molecule has 92 valence electrons. The lowest BCUT2D eigenvalue weighted by Crippen LogP contribution is -2.37. The quantitative estimate of drug-likeness (QED) is 0.426. The molecule has 6 nitrogen and oxygen atoms in total. The van der Waals surface area contributed by atoms with Crippen molar-refractivity contribution in [2.45, 2.75) is 25.5 Å². The lowest BCUT2D eigenvalue weighted by Gasteiger charge is -2.12. The number of amides is 1. The molecule has 1 fully saturated rings. The largest absolute Gasteiger partial charge is 0.376 e. The molecule has 2 rings (SSSR count). The molecule has 0 bridgehead atoms. The van der Waals surface area contributed by atoms with Crippen molar-refractivity contribution in [2.75, 3.05) is 6.61 Å². The summed E-state index contributed by atoms with van der Waals surface area (Å²) in [7, 11) is 0. The predicted octanol–water partition coefficient (Wildman–Crippen LogP) is -0.369. The molecule has 1 atom stereocenters. The highest BCUT2D eigenvalue weighted by atomic mass is 16.5. The van der Waals surface area contributed by atoms with Crippen LogP contribution in [0.3, 0.4) is 0 Å². The predicted molar refractivity (Wildman–Crippen MR) is 61.3 cm³/mol. The maximum absolute atomic E-state index is 11.9. The summed E-state index contributed by atoms with van der Waals surface area (Å²) in [6, 6.07) is 3.11. The summed E-state index contributed by atoms with van der Waals surface area (Å²) in [5, 5.41) is 0. The third kappa shape index (κ3) is 2.54. The van der Waals surface area contributed by atoms with E-state index in [-0.39, 0.29) is 17.2 Å². The molecule has 0 radical (unpaired) electrons. The number of hydrogen-bond acceptors (Lipinski definition) is 4. The number of aromatic nitrogens is 1. The van der Waals surface area contributed by atoms with Crippen molar-refractivity contribution in [2.24, 2.45) is 5.84 Å². The number of rotatable bonds is 3. The Hall–Kier alpha value is -1.66. The van der Waals surface area contributed by atoms with Gasteiger partial charge < -0.3 is 9.30 Å². The smallest absolute Gasteiger partial charge is 0.270 e. The highest BCUT2D eigenvalue weighted by molar-refractivity contribution is 5.93. The molecular formula is C11H15N3O3. The van der Waals surface area contributed by atoms with Crippen LogP contribution in [0.15, 0.2) is 23.1 Å². The summed E-state index contributed by atoms with van der Waals surface area (Å²) < 4.78 is 6.94. The second-order valence-electron chi connectivity index (χ2n) is 3.99. The third-order valence-electron chi connectivity index (χ3n) is 2.82. The first-order chi connectivity index (χ1) is 8.22. The van der Waals surface area contributed by atoms with Crippen LogP contribution in [-0.4, -0.2) is 23.2 Å². The summed E-state index contributed by atoms with van der Waals surface area (Å²) in [5.74, 6) is 4.44. The highest BCUT2D eigenvalue weighted by Gasteiger charge is 2.18. The van der Waals surface area contributed by atoms with Gasteiger partial charge >= 0.3 is 0 Å². The molecule has 2 heterocycles. The first kappa shape index (κ1) is 11.8. The Bertz CT molecular complexity index is 463. The first-order valence-electron chi connectivity index (χ1n) is 5.54. The number of nitrogens with zero attached hydrogens (tertiary/aromatic N) is 1. The van der Waals surface area contributed by atoms with Crippen LogP contribution in [0, 0.1) is 0 Å². The van der Waals surface area contributed by atoms with E-state index >= 15 is 0 Å². The standard InChI is InChI=1S/C11H15N3O3/c12-13-10(15)9-4-1-5-14(11(9)16)7-8-3-2-6-17-8/h1,4-5,8H,2-3,6-7,12H2,(H,13,15). The lowest BCUT2D eigenvalue weighted by molar-refractivity contribution is 0.0930.